The number of methoxy groups -OCH3 is 1. The van der Waals surface area contributed by atoms with Crippen LogP contribution in [-0.2, 0) is 27.2 Å². The number of fused-ring (bicyclic) bond motifs is 1. The minimum Gasteiger partial charge on any atom is -0.444 e. The Morgan fingerprint density at radius 2 is 1.97 bits per heavy atom. The number of hydrogen-bond donors (Lipinski definition) is 0. The van der Waals surface area contributed by atoms with E-state index in [9.17, 15) is 14.9 Å². The van der Waals surface area contributed by atoms with Crippen molar-refractivity contribution in [1.82, 2.24) is 14.4 Å². The average Bonchev–Trinajstić information content (AvgIpc) is 3.57. The number of aryl methyl sites for hydroxylation is 2. The molecule has 0 saturated carbocycles. The fourth-order valence-electron chi connectivity index (χ4n) is 5.62. The van der Waals surface area contributed by atoms with Gasteiger partial charge in [-0.2, -0.15) is 5.26 Å². The van der Waals surface area contributed by atoms with E-state index < -0.39 is 17.7 Å². The van der Waals surface area contributed by atoms with Gasteiger partial charge in [0.2, 0.25) is 5.91 Å². The zero-order valence-electron chi connectivity index (χ0n) is 22.1. The maximum absolute atomic E-state index is 13.7. The van der Waals surface area contributed by atoms with Crippen LogP contribution < -0.4 is 0 Å². The van der Waals surface area contributed by atoms with Crippen LogP contribution in [0.1, 0.15) is 64.6 Å². The average molecular weight is 495 g/mol. The fourth-order valence-corrected chi connectivity index (χ4v) is 5.62. The van der Waals surface area contributed by atoms with Crippen LogP contribution in [0.5, 0.6) is 0 Å². The van der Waals surface area contributed by atoms with Crippen LogP contribution >= 0.6 is 0 Å². The van der Waals surface area contributed by atoms with Crippen molar-refractivity contribution >= 4 is 22.9 Å². The summed E-state index contributed by atoms with van der Waals surface area (Å²) in [5.41, 5.74) is 2.33. The Bertz CT molecular complexity index is 1160. The number of nitriles is 1. The molecule has 3 heterocycles. The summed E-state index contributed by atoms with van der Waals surface area (Å²) >= 11 is 0. The lowest BCUT2D eigenvalue weighted by molar-refractivity contribution is -0.137. The largest absolute Gasteiger partial charge is 0.444 e. The Hall–Kier alpha value is -3.05. The Labute approximate surface area is 213 Å². The van der Waals surface area contributed by atoms with E-state index in [0.717, 1.165) is 43.1 Å². The number of hydrogen-bond acceptors (Lipinski definition) is 5. The summed E-state index contributed by atoms with van der Waals surface area (Å²) in [6.07, 6.45) is 3.44. The third-order valence-electron chi connectivity index (χ3n) is 7.33. The monoisotopic (exact) mass is 494 g/mol. The first-order valence-electron chi connectivity index (χ1n) is 13.0. The van der Waals surface area contributed by atoms with Gasteiger partial charge in [-0.15, -0.1) is 0 Å². The summed E-state index contributed by atoms with van der Waals surface area (Å²) in [4.78, 5) is 30.1. The van der Waals surface area contributed by atoms with Crippen molar-refractivity contribution in [3.8, 4) is 6.07 Å². The molecule has 8 nitrogen and oxygen atoms in total. The first kappa shape index (κ1) is 26.0. The number of aromatic nitrogens is 1. The summed E-state index contributed by atoms with van der Waals surface area (Å²) in [6, 6.07) is 9.78. The van der Waals surface area contributed by atoms with E-state index in [1.165, 1.54) is 5.69 Å². The molecule has 4 rings (SSSR count). The molecule has 2 fully saturated rings. The minimum atomic E-state index is -0.601. The van der Waals surface area contributed by atoms with Gasteiger partial charge in [-0.1, -0.05) is 6.07 Å². The molecule has 1 aromatic carbocycles. The number of rotatable bonds is 6. The van der Waals surface area contributed by atoms with E-state index in [0.29, 0.717) is 25.1 Å². The first-order chi connectivity index (χ1) is 17.1. The van der Waals surface area contributed by atoms with E-state index in [1.807, 2.05) is 43.9 Å². The van der Waals surface area contributed by atoms with Crippen molar-refractivity contribution in [3.05, 3.63) is 35.5 Å². The van der Waals surface area contributed by atoms with Crippen molar-refractivity contribution in [3.63, 3.8) is 0 Å². The molecule has 0 spiro atoms. The minimum absolute atomic E-state index is 0.00222. The van der Waals surface area contributed by atoms with Gasteiger partial charge in [0.15, 0.2) is 0 Å². The van der Waals surface area contributed by atoms with E-state index in [4.69, 9.17) is 9.47 Å². The van der Waals surface area contributed by atoms with Crippen LogP contribution in [0, 0.1) is 11.3 Å². The van der Waals surface area contributed by atoms with Gasteiger partial charge in [0.25, 0.3) is 0 Å². The van der Waals surface area contributed by atoms with Crippen LogP contribution in [0.3, 0.4) is 0 Å². The maximum Gasteiger partial charge on any atom is 0.410 e. The predicted molar refractivity (Wildman–Crippen MR) is 138 cm³/mol. The second-order valence-corrected chi connectivity index (χ2v) is 10.9. The normalized spacial score (nSPS) is 22.3. The Morgan fingerprint density at radius 3 is 2.64 bits per heavy atom. The lowest BCUT2D eigenvalue weighted by atomic mass is 10.1. The van der Waals surface area contributed by atoms with Crippen LogP contribution in [0.25, 0.3) is 10.9 Å². The van der Waals surface area contributed by atoms with Gasteiger partial charge in [-0.25, -0.2) is 4.79 Å². The number of carbonyl (C=O) groups is 2. The Kier molecular flexibility index (Phi) is 7.60. The summed E-state index contributed by atoms with van der Waals surface area (Å²) in [7, 11) is 1.69. The van der Waals surface area contributed by atoms with Gasteiger partial charge in [-0.05, 0) is 83.4 Å². The molecule has 0 unspecified atom stereocenters. The molecule has 2 amide bonds. The molecule has 0 aliphatic carbocycles. The SMILES string of the molecule is CCn1c(CC[C@H]2C[C@H](OC)CN2C(=O)[C@H]2CCCN2C(=O)OC(C)(C)C)cc2ccc(C#N)cc21. The smallest absolute Gasteiger partial charge is 0.410 e. The van der Waals surface area contributed by atoms with Crippen LogP contribution in [0.15, 0.2) is 24.3 Å². The molecule has 2 aliphatic rings. The highest BCUT2D eigenvalue weighted by Crippen LogP contribution is 2.30. The summed E-state index contributed by atoms with van der Waals surface area (Å²) < 4.78 is 13.5. The van der Waals surface area contributed by atoms with E-state index in [1.54, 1.807) is 12.0 Å². The number of ether oxygens (including phenoxy) is 2. The lowest BCUT2D eigenvalue weighted by Crippen LogP contribution is -2.50. The van der Waals surface area contributed by atoms with Crippen molar-refractivity contribution in [2.75, 3.05) is 20.2 Å². The van der Waals surface area contributed by atoms with Crippen molar-refractivity contribution in [2.45, 2.75) is 90.1 Å². The zero-order chi connectivity index (χ0) is 26.0. The molecular formula is C28H38N4O4. The summed E-state index contributed by atoms with van der Waals surface area (Å²) in [5, 5.41) is 10.4. The molecule has 2 saturated heterocycles. The fraction of sp³-hybridized carbons (Fsp3) is 0.607. The Balaban J connectivity index is 1.50. The number of amides is 2. The molecule has 194 valence electrons. The number of nitrogens with zero attached hydrogens (tertiary/aromatic N) is 4. The van der Waals surface area contributed by atoms with Crippen LogP contribution in [-0.4, -0.2) is 70.4 Å². The van der Waals surface area contributed by atoms with Crippen molar-refractivity contribution in [1.29, 1.82) is 5.26 Å². The van der Waals surface area contributed by atoms with Gasteiger partial charge >= 0.3 is 6.09 Å². The highest BCUT2D eigenvalue weighted by molar-refractivity contribution is 5.87. The number of carbonyl (C=O) groups excluding carboxylic acids is 2. The van der Waals surface area contributed by atoms with Gasteiger partial charge in [0.1, 0.15) is 11.6 Å². The number of benzene rings is 1. The summed E-state index contributed by atoms with van der Waals surface area (Å²) in [5.74, 6) is -0.00222. The lowest BCUT2D eigenvalue weighted by Gasteiger charge is -2.32. The van der Waals surface area contributed by atoms with Gasteiger partial charge < -0.3 is 18.9 Å². The van der Waals surface area contributed by atoms with Crippen LogP contribution in [0.4, 0.5) is 4.79 Å². The second kappa shape index (κ2) is 10.5. The standard InChI is InChI=1S/C28H38N4O4/c1-6-30-21(15-20-10-9-19(17-29)14-25(20)30)11-12-22-16-23(35-5)18-32(22)26(33)24-8-7-13-31(24)27(34)36-28(2,3)4/h9-10,14-15,22-24H,6-8,11-13,16,18H2,1-5H3/t22-,23-,24+/m0/s1. The molecule has 3 atom stereocenters. The van der Waals surface area contributed by atoms with Crippen molar-refractivity contribution in [2.24, 2.45) is 0 Å². The third kappa shape index (κ3) is 5.36. The van der Waals surface area contributed by atoms with E-state index in [-0.39, 0.29) is 18.1 Å². The second-order valence-electron chi connectivity index (χ2n) is 10.9. The third-order valence-corrected chi connectivity index (χ3v) is 7.33. The van der Waals surface area contributed by atoms with Gasteiger partial charge in [-0.3, -0.25) is 9.69 Å². The zero-order valence-corrected chi connectivity index (χ0v) is 22.1. The molecule has 0 N–H and O–H groups in total. The molecular weight excluding hydrogens is 456 g/mol. The predicted octanol–water partition coefficient (Wildman–Crippen LogP) is 4.48. The summed E-state index contributed by atoms with van der Waals surface area (Å²) in [6.45, 7) is 9.53. The highest BCUT2D eigenvalue weighted by Gasteiger charge is 2.43. The van der Waals surface area contributed by atoms with Crippen molar-refractivity contribution < 1.29 is 19.1 Å². The quantitative estimate of drug-likeness (QED) is 0.591. The molecule has 0 bridgehead atoms. The molecule has 8 heteroatoms. The molecule has 1 aromatic heterocycles. The maximum atomic E-state index is 13.7. The first-order valence-corrected chi connectivity index (χ1v) is 13.0. The molecule has 2 aromatic rings. The number of likely N-dealkylation sites (tertiary alicyclic amines) is 2. The van der Waals surface area contributed by atoms with Crippen LogP contribution in [0.2, 0.25) is 0 Å². The highest BCUT2D eigenvalue weighted by atomic mass is 16.6. The van der Waals surface area contributed by atoms with E-state index in [2.05, 4.69) is 23.6 Å². The van der Waals surface area contributed by atoms with Gasteiger partial charge in [0.05, 0.1) is 17.7 Å². The Morgan fingerprint density at radius 1 is 1.19 bits per heavy atom. The van der Waals surface area contributed by atoms with Gasteiger partial charge in [0, 0.05) is 44.0 Å². The topological polar surface area (TPSA) is 87.8 Å². The molecule has 2 aliphatic heterocycles. The van der Waals surface area contributed by atoms with E-state index >= 15 is 0 Å². The molecule has 0 radical (unpaired) electrons. The molecule has 36 heavy (non-hydrogen) atoms.